The first-order chi connectivity index (χ1) is 7.88. The van der Waals surface area contributed by atoms with Crippen molar-refractivity contribution < 1.29 is 9.47 Å². The Kier molecular flexibility index (Phi) is 6.86. The Balaban J connectivity index is 2.46. The van der Waals surface area contributed by atoms with E-state index in [0.29, 0.717) is 13.2 Å². The van der Waals surface area contributed by atoms with E-state index < -0.39 is 0 Å². The van der Waals surface area contributed by atoms with Crippen molar-refractivity contribution in [3.05, 3.63) is 35.4 Å². The van der Waals surface area contributed by atoms with E-state index in [1.165, 1.54) is 11.1 Å². The van der Waals surface area contributed by atoms with Gasteiger partial charge in [0.2, 0.25) is 0 Å². The summed E-state index contributed by atoms with van der Waals surface area (Å²) >= 11 is 0. The lowest BCUT2D eigenvalue weighted by atomic mass is 10.1. The zero-order valence-electron chi connectivity index (χ0n) is 10.4. The van der Waals surface area contributed by atoms with Crippen molar-refractivity contribution in [3.63, 3.8) is 0 Å². The summed E-state index contributed by atoms with van der Waals surface area (Å²) in [5.74, 6) is 0. The molecule has 0 aliphatic rings. The largest absolute Gasteiger partial charge is 0.377 e. The summed E-state index contributed by atoms with van der Waals surface area (Å²) in [5.41, 5.74) is 2.49. The highest BCUT2D eigenvalue weighted by Gasteiger charge is 2.01. The summed E-state index contributed by atoms with van der Waals surface area (Å²) in [5, 5.41) is 0. The van der Waals surface area contributed by atoms with E-state index in [4.69, 9.17) is 9.47 Å². The van der Waals surface area contributed by atoms with Gasteiger partial charge in [-0.2, -0.15) is 0 Å². The van der Waals surface area contributed by atoms with E-state index in [0.717, 1.165) is 26.1 Å². The second-order valence-corrected chi connectivity index (χ2v) is 3.87. The average Bonchev–Trinajstić information content (AvgIpc) is 2.32. The highest BCUT2D eigenvalue weighted by Crippen LogP contribution is 2.11. The Morgan fingerprint density at radius 1 is 0.812 bits per heavy atom. The number of benzene rings is 1. The van der Waals surface area contributed by atoms with Crippen LogP contribution in [0.15, 0.2) is 24.3 Å². The second-order valence-electron chi connectivity index (χ2n) is 3.87. The lowest BCUT2D eigenvalue weighted by molar-refractivity contribution is 0.108. The molecule has 0 N–H and O–H groups in total. The van der Waals surface area contributed by atoms with E-state index in [1.807, 2.05) is 12.1 Å². The molecule has 2 heteroatoms. The molecule has 16 heavy (non-hydrogen) atoms. The van der Waals surface area contributed by atoms with Crippen molar-refractivity contribution in [1.82, 2.24) is 0 Å². The molecule has 90 valence electrons. The monoisotopic (exact) mass is 222 g/mol. The average molecular weight is 222 g/mol. The van der Waals surface area contributed by atoms with Gasteiger partial charge in [-0.05, 0) is 24.0 Å². The van der Waals surface area contributed by atoms with Crippen molar-refractivity contribution in [2.45, 2.75) is 39.9 Å². The highest BCUT2D eigenvalue weighted by molar-refractivity contribution is 5.25. The van der Waals surface area contributed by atoms with Crippen LogP contribution in [0.3, 0.4) is 0 Å². The molecule has 1 rings (SSSR count). The molecule has 0 heterocycles. The molecule has 0 aliphatic carbocycles. The molecule has 0 saturated heterocycles. The smallest absolute Gasteiger partial charge is 0.0720 e. The van der Waals surface area contributed by atoms with Gasteiger partial charge in [-0.3, -0.25) is 0 Å². The number of hydrogen-bond acceptors (Lipinski definition) is 2. The molecule has 0 fully saturated rings. The molecule has 0 bridgehead atoms. The van der Waals surface area contributed by atoms with Crippen molar-refractivity contribution in [1.29, 1.82) is 0 Å². The summed E-state index contributed by atoms with van der Waals surface area (Å²) in [6.07, 6.45) is 2.13. The number of hydrogen-bond donors (Lipinski definition) is 0. The molecule has 0 spiro atoms. The van der Waals surface area contributed by atoms with Crippen molar-refractivity contribution in [2.24, 2.45) is 0 Å². The molecule has 0 radical (unpaired) electrons. The van der Waals surface area contributed by atoms with Gasteiger partial charge in [-0.1, -0.05) is 38.1 Å². The first kappa shape index (κ1) is 13.2. The van der Waals surface area contributed by atoms with Gasteiger partial charge in [-0.15, -0.1) is 0 Å². The highest BCUT2D eigenvalue weighted by atomic mass is 16.5. The molecule has 0 aliphatic heterocycles. The maximum absolute atomic E-state index is 5.56. The molecule has 0 saturated carbocycles. The lowest BCUT2D eigenvalue weighted by Gasteiger charge is -2.10. The van der Waals surface area contributed by atoms with Crippen LogP contribution in [0.25, 0.3) is 0 Å². The van der Waals surface area contributed by atoms with Crippen LogP contribution in [0.2, 0.25) is 0 Å². The third-order valence-electron chi connectivity index (χ3n) is 2.33. The molecule has 1 aromatic carbocycles. The fraction of sp³-hybridized carbons (Fsp3) is 0.571. The minimum atomic E-state index is 0.694. The second kappa shape index (κ2) is 8.31. The third kappa shape index (κ3) is 4.77. The topological polar surface area (TPSA) is 18.5 Å². The van der Waals surface area contributed by atoms with E-state index in [-0.39, 0.29) is 0 Å². The maximum atomic E-state index is 5.56. The van der Waals surface area contributed by atoms with E-state index in [9.17, 15) is 0 Å². The van der Waals surface area contributed by atoms with Crippen LogP contribution in [-0.2, 0) is 22.7 Å². The Morgan fingerprint density at radius 3 is 1.62 bits per heavy atom. The van der Waals surface area contributed by atoms with Crippen molar-refractivity contribution in [2.75, 3.05) is 13.2 Å². The molecule has 0 atom stereocenters. The molecule has 0 aromatic heterocycles. The predicted molar refractivity (Wildman–Crippen MR) is 66.3 cm³/mol. The SMILES string of the molecule is CCCOCc1ccccc1COCCC. The molecular formula is C14H22O2. The summed E-state index contributed by atoms with van der Waals surface area (Å²) in [4.78, 5) is 0. The minimum absolute atomic E-state index is 0.694. The predicted octanol–water partition coefficient (Wildman–Crippen LogP) is 3.54. The summed E-state index contributed by atoms with van der Waals surface area (Å²) < 4.78 is 11.1. The van der Waals surface area contributed by atoms with Crippen molar-refractivity contribution in [3.8, 4) is 0 Å². The van der Waals surface area contributed by atoms with Gasteiger partial charge >= 0.3 is 0 Å². The first-order valence-corrected chi connectivity index (χ1v) is 6.10. The molecule has 1 aromatic rings. The van der Waals surface area contributed by atoms with Gasteiger partial charge < -0.3 is 9.47 Å². The molecule has 2 nitrogen and oxygen atoms in total. The van der Waals surface area contributed by atoms with Crippen molar-refractivity contribution >= 4 is 0 Å². The zero-order valence-corrected chi connectivity index (χ0v) is 10.4. The van der Waals surface area contributed by atoms with Gasteiger partial charge in [0.1, 0.15) is 0 Å². The Morgan fingerprint density at radius 2 is 1.25 bits per heavy atom. The van der Waals surface area contributed by atoms with E-state index in [1.54, 1.807) is 0 Å². The Bertz CT molecular complexity index is 255. The molecule has 0 amide bonds. The zero-order chi connectivity index (χ0) is 11.6. The quantitative estimate of drug-likeness (QED) is 0.626. The Hall–Kier alpha value is -0.860. The molecule has 0 unspecified atom stereocenters. The number of ether oxygens (including phenoxy) is 2. The normalized spacial score (nSPS) is 10.6. The fourth-order valence-corrected chi connectivity index (χ4v) is 1.49. The maximum Gasteiger partial charge on any atom is 0.0720 e. The number of rotatable bonds is 8. The molecular weight excluding hydrogens is 200 g/mol. The third-order valence-corrected chi connectivity index (χ3v) is 2.33. The van der Waals surface area contributed by atoms with E-state index >= 15 is 0 Å². The van der Waals surface area contributed by atoms with Gasteiger partial charge in [-0.25, -0.2) is 0 Å². The summed E-state index contributed by atoms with van der Waals surface area (Å²) in [6, 6.07) is 8.32. The van der Waals surface area contributed by atoms with Crippen LogP contribution >= 0.6 is 0 Å². The van der Waals surface area contributed by atoms with Crippen LogP contribution in [0.5, 0.6) is 0 Å². The van der Waals surface area contributed by atoms with Crippen LogP contribution in [0.1, 0.15) is 37.8 Å². The van der Waals surface area contributed by atoms with Crippen LogP contribution in [0.4, 0.5) is 0 Å². The van der Waals surface area contributed by atoms with Gasteiger partial charge in [0, 0.05) is 13.2 Å². The van der Waals surface area contributed by atoms with Gasteiger partial charge in [0.15, 0.2) is 0 Å². The van der Waals surface area contributed by atoms with Crippen LogP contribution < -0.4 is 0 Å². The van der Waals surface area contributed by atoms with Crippen LogP contribution in [0, 0.1) is 0 Å². The van der Waals surface area contributed by atoms with Gasteiger partial charge in [0.25, 0.3) is 0 Å². The lowest BCUT2D eigenvalue weighted by Crippen LogP contribution is -2.01. The van der Waals surface area contributed by atoms with Crippen LogP contribution in [-0.4, -0.2) is 13.2 Å². The minimum Gasteiger partial charge on any atom is -0.377 e. The summed E-state index contributed by atoms with van der Waals surface area (Å²) in [7, 11) is 0. The van der Waals surface area contributed by atoms with E-state index in [2.05, 4.69) is 26.0 Å². The fourth-order valence-electron chi connectivity index (χ4n) is 1.49. The standard InChI is InChI=1S/C14H22O2/c1-3-9-15-11-13-7-5-6-8-14(13)12-16-10-4-2/h5-8H,3-4,9-12H2,1-2H3. The first-order valence-electron chi connectivity index (χ1n) is 6.10. The van der Waals surface area contributed by atoms with Gasteiger partial charge in [0.05, 0.1) is 13.2 Å². The Labute approximate surface area is 98.6 Å². The summed E-state index contributed by atoms with van der Waals surface area (Å²) in [6.45, 7) is 7.28.